The number of amidine groups is 1. The zero-order chi connectivity index (χ0) is 11.5. The SMILES string of the molecule is CC(C)(C)OC(=O)NC1=NNC(=O)CC1. The Hall–Kier alpha value is -1.59. The molecule has 6 nitrogen and oxygen atoms in total. The van der Waals surface area contributed by atoms with Gasteiger partial charge in [0.25, 0.3) is 0 Å². The predicted octanol–water partition coefficient (Wildman–Crippen LogP) is 0.735. The molecule has 15 heavy (non-hydrogen) atoms. The van der Waals surface area contributed by atoms with E-state index in [2.05, 4.69) is 15.8 Å². The van der Waals surface area contributed by atoms with Crippen LogP contribution in [0.5, 0.6) is 0 Å². The van der Waals surface area contributed by atoms with Gasteiger partial charge in [-0.25, -0.2) is 10.2 Å². The van der Waals surface area contributed by atoms with E-state index in [9.17, 15) is 9.59 Å². The van der Waals surface area contributed by atoms with E-state index in [-0.39, 0.29) is 5.91 Å². The summed E-state index contributed by atoms with van der Waals surface area (Å²) in [5.41, 5.74) is 1.74. The Morgan fingerprint density at radius 1 is 1.47 bits per heavy atom. The van der Waals surface area contributed by atoms with Crippen LogP contribution in [0.3, 0.4) is 0 Å². The van der Waals surface area contributed by atoms with E-state index in [1.165, 1.54) is 0 Å². The predicted molar refractivity (Wildman–Crippen MR) is 54.2 cm³/mol. The van der Waals surface area contributed by atoms with Gasteiger partial charge >= 0.3 is 6.09 Å². The monoisotopic (exact) mass is 213 g/mol. The van der Waals surface area contributed by atoms with Crippen molar-refractivity contribution >= 4 is 17.8 Å². The molecule has 1 heterocycles. The molecule has 0 spiro atoms. The molecule has 0 aromatic rings. The lowest BCUT2D eigenvalue weighted by molar-refractivity contribution is -0.121. The lowest BCUT2D eigenvalue weighted by atomic mass is 10.2. The van der Waals surface area contributed by atoms with Crippen molar-refractivity contribution in [1.82, 2.24) is 10.7 Å². The van der Waals surface area contributed by atoms with E-state index in [0.717, 1.165) is 0 Å². The number of carbonyl (C=O) groups is 2. The maximum absolute atomic E-state index is 11.3. The van der Waals surface area contributed by atoms with Gasteiger partial charge in [0.1, 0.15) is 11.4 Å². The third-order valence-corrected chi connectivity index (χ3v) is 1.55. The van der Waals surface area contributed by atoms with Gasteiger partial charge in [-0.3, -0.25) is 10.1 Å². The average molecular weight is 213 g/mol. The van der Waals surface area contributed by atoms with Crippen molar-refractivity contribution in [2.24, 2.45) is 5.10 Å². The molecular weight excluding hydrogens is 198 g/mol. The van der Waals surface area contributed by atoms with Crippen LogP contribution in [0.2, 0.25) is 0 Å². The highest BCUT2D eigenvalue weighted by atomic mass is 16.6. The van der Waals surface area contributed by atoms with Crippen molar-refractivity contribution in [3.63, 3.8) is 0 Å². The van der Waals surface area contributed by atoms with Crippen LogP contribution >= 0.6 is 0 Å². The number of hydrazone groups is 1. The third-order valence-electron chi connectivity index (χ3n) is 1.55. The highest BCUT2D eigenvalue weighted by Gasteiger charge is 2.19. The summed E-state index contributed by atoms with van der Waals surface area (Å²) in [6, 6.07) is 0. The molecule has 0 fully saturated rings. The van der Waals surface area contributed by atoms with Gasteiger partial charge in [0.2, 0.25) is 5.91 Å². The minimum Gasteiger partial charge on any atom is -0.444 e. The van der Waals surface area contributed by atoms with Gasteiger partial charge < -0.3 is 4.74 Å². The number of hydrogen-bond donors (Lipinski definition) is 2. The van der Waals surface area contributed by atoms with Crippen molar-refractivity contribution in [3.05, 3.63) is 0 Å². The van der Waals surface area contributed by atoms with Gasteiger partial charge in [0.15, 0.2) is 0 Å². The Balaban J connectivity index is 2.42. The van der Waals surface area contributed by atoms with E-state index in [0.29, 0.717) is 18.7 Å². The Morgan fingerprint density at radius 3 is 2.60 bits per heavy atom. The zero-order valence-corrected chi connectivity index (χ0v) is 9.09. The fraction of sp³-hybridized carbons (Fsp3) is 0.667. The second-order valence-corrected chi connectivity index (χ2v) is 4.22. The smallest absolute Gasteiger partial charge is 0.413 e. The van der Waals surface area contributed by atoms with Crippen molar-refractivity contribution < 1.29 is 14.3 Å². The van der Waals surface area contributed by atoms with E-state index >= 15 is 0 Å². The average Bonchev–Trinajstić information content (AvgIpc) is 2.05. The number of rotatable bonds is 0. The summed E-state index contributed by atoms with van der Waals surface area (Å²) < 4.78 is 5.02. The standard InChI is InChI=1S/C9H15N3O3/c1-9(2,3)15-8(14)10-6-4-5-7(13)12-11-6/h4-5H2,1-3H3,(H,12,13)(H,10,11,14). The van der Waals surface area contributed by atoms with Crippen molar-refractivity contribution in [2.75, 3.05) is 0 Å². The minimum absolute atomic E-state index is 0.148. The largest absolute Gasteiger partial charge is 0.444 e. The highest BCUT2D eigenvalue weighted by molar-refractivity contribution is 5.99. The minimum atomic E-state index is -0.558. The molecule has 0 aromatic carbocycles. The second-order valence-electron chi connectivity index (χ2n) is 4.22. The highest BCUT2D eigenvalue weighted by Crippen LogP contribution is 2.07. The number of carbonyl (C=O) groups excluding carboxylic acids is 2. The maximum Gasteiger partial charge on any atom is 0.413 e. The molecule has 2 N–H and O–H groups in total. The topological polar surface area (TPSA) is 79.8 Å². The van der Waals surface area contributed by atoms with Crippen LogP contribution in [0.1, 0.15) is 33.6 Å². The summed E-state index contributed by atoms with van der Waals surface area (Å²) in [5.74, 6) is 0.272. The normalized spacial score (nSPS) is 16.5. The first kappa shape index (κ1) is 11.5. The summed E-state index contributed by atoms with van der Waals surface area (Å²) >= 11 is 0. The third kappa shape index (κ3) is 4.44. The van der Waals surface area contributed by atoms with Crippen LogP contribution in [0, 0.1) is 0 Å². The van der Waals surface area contributed by atoms with E-state index in [1.807, 2.05) is 0 Å². The number of ether oxygens (including phenoxy) is 1. The first-order valence-electron chi connectivity index (χ1n) is 4.72. The maximum atomic E-state index is 11.3. The molecule has 0 saturated carbocycles. The van der Waals surface area contributed by atoms with Gasteiger partial charge in [-0.2, -0.15) is 5.10 Å². The number of nitrogens with zero attached hydrogens (tertiary/aromatic N) is 1. The molecule has 0 unspecified atom stereocenters. The van der Waals surface area contributed by atoms with Crippen molar-refractivity contribution in [2.45, 2.75) is 39.2 Å². The molecule has 84 valence electrons. The van der Waals surface area contributed by atoms with Crippen LogP contribution in [-0.2, 0) is 9.53 Å². The molecule has 0 bridgehead atoms. The Labute approximate surface area is 88.1 Å². The molecule has 1 aliphatic rings. The fourth-order valence-corrected chi connectivity index (χ4v) is 0.985. The zero-order valence-electron chi connectivity index (χ0n) is 9.09. The first-order chi connectivity index (χ1) is 6.87. The van der Waals surface area contributed by atoms with Gasteiger partial charge in [0, 0.05) is 12.8 Å². The van der Waals surface area contributed by atoms with Gasteiger partial charge in [0.05, 0.1) is 0 Å². The summed E-state index contributed by atoms with van der Waals surface area (Å²) in [6.07, 6.45) is 0.192. The second kappa shape index (κ2) is 4.29. The Bertz CT molecular complexity index is 304. The molecule has 0 radical (unpaired) electrons. The lowest BCUT2D eigenvalue weighted by Crippen LogP contribution is -2.40. The molecule has 1 rings (SSSR count). The Kier molecular flexibility index (Phi) is 3.28. The van der Waals surface area contributed by atoms with E-state index in [4.69, 9.17) is 4.74 Å². The summed E-state index contributed by atoms with van der Waals surface area (Å²) in [7, 11) is 0. The van der Waals surface area contributed by atoms with Crippen molar-refractivity contribution in [1.29, 1.82) is 0 Å². The summed E-state index contributed by atoms with van der Waals surface area (Å²) in [5, 5.41) is 6.16. The van der Waals surface area contributed by atoms with Crippen LogP contribution in [0.25, 0.3) is 0 Å². The molecule has 1 aliphatic heterocycles. The van der Waals surface area contributed by atoms with E-state index < -0.39 is 11.7 Å². The number of alkyl carbamates (subject to hydrolysis) is 1. The van der Waals surface area contributed by atoms with Gasteiger partial charge in [-0.1, -0.05) is 0 Å². The van der Waals surface area contributed by atoms with E-state index in [1.54, 1.807) is 20.8 Å². The molecule has 2 amide bonds. The summed E-state index contributed by atoms with van der Waals surface area (Å²) in [4.78, 5) is 22.0. The number of nitrogens with one attached hydrogen (secondary N) is 2. The molecule has 6 heteroatoms. The number of hydrogen-bond acceptors (Lipinski definition) is 4. The first-order valence-corrected chi connectivity index (χ1v) is 4.72. The number of amides is 2. The van der Waals surface area contributed by atoms with Crippen LogP contribution in [-0.4, -0.2) is 23.4 Å². The molecule has 0 aromatic heterocycles. The summed E-state index contributed by atoms with van der Waals surface area (Å²) in [6.45, 7) is 5.32. The Morgan fingerprint density at radius 2 is 2.13 bits per heavy atom. The fourth-order valence-electron chi connectivity index (χ4n) is 0.985. The lowest BCUT2D eigenvalue weighted by Gasteiger charge is -2.20. The van der Waals surface area contributed by atoms with Crippen LogP contribution in [0.4, 0.5) is 4.79 Å². The van der Waals surface area contributed by atoms with Crippen LogP contribution < -0.4 is 10.7 Å². The molecule has 0 saturated heterocycles. The quantitative estimate of drug-likeness (QED) is 0.622. The van der Waals surface area contributed by atoms with Crippen molar-refractivity contribution in [3.8, 4) is 0 Å². The van der Waals surface area contributed by atoms with Crippen LogP contribution in [0.15, 0.2) is 5.10 Å². The molecule has 0 atom stereocenters. The van der Waals surface area contributed by atoms with Gasteiger partial charge in [-0.15, -0.1) is 0 Å². The molecule has 0 aliphatic carbocycles. The molecular formula is C9H15N3O3. The van der Waals surface area contributed by atoms with Gasteiger partial charge in [-0.05, 0) is 20.8 Å².